The van der Waals surface area contributed by atoms with E-state index in [1.165, 1.54) is 25.4 Å². The van der Waals surface area contributed by atoms with Crippen molar-refractivity contribution in [3.05, 3.63) is 64.3 Å². The molecule has 1 amide bonds. The molecule has 40 heavy (non-hydrogen) atoms. The highest BCUT2D eigenvalue weighted by molar-refractivity contribution is 7.17. The van der Waals surface area contributed by atoms with Crippen LogP contribution < -0.4 is 5.32 Å². The van der Waals surface area contributed by atoms with Crippen LogP contribution in [0.2, 0.25) is 0 Å². The number of imidazole rings is 1. The number of methoxy groups -OCH3 is 1. The monoisotopic (exact) mass is 560 g/mol. The second-order valence-electron chi connectivity index (χ2n) is 11.1. The highest BCUT2D eigenvalue weighted by Crippen LogP contribution is 2.44. The summed E-state index contributed by atoms with van der Waals surface area (Å²) >= 11 is 1.40. The van der Waals surface area contributed by atoms with Gasteiger partial charge >= 0.3 is 11.9 Å². The summed E-state index contributed by atoms with van der Waals surface area (Å²) in [5, 5.41) is 3.26. The Hall–Kier alpha value is -4.05. The molecule has 0 bridgehead atoms. The molecule has 0 saturated carbocycles. The first-order valence-electron chi connectivity index (χ1n) is 13.2. The summed E-state index contributed by atoms with van der Waals surface area (Å²) in [7, 11) is 1.33. The van der Waals surface area contributed by atoms with Gasteiger partial charge in [0.2, 0.25) is 0 Å². The van der Waals surface area contributed by atoms with Gasteiger partial charge in [-0.3, -0.25) is 9.78 Å². The Morgan fingerprint density at radius 3 is 2.67 bits per heavy atom. The molecule has 0 saturated heterocycles. The molecule has 0 spiro atoms. The molecule has 9 nitrogen and oxygen atoms in total. The highest BCUT2D eigenvalue weighted by Gasteiger charge is 2.35. The van der Waals surface area contributed by atoms with Crippen molar-refractivity contribution >= 4 is 45.2 Å². The highest BCUT2D eigenvalue weighted by atomic mass is 32.1. The molecule has 3 aromatic heterocycles. The maximum Gasteiger partial charge on any atom is 0.341 e. The molecule has 10 heteroatoms. The number of fused-ring (bicyclic) bond motifs is 2. The lowest BCUT2D eigenvalue weighted by Crippen LogP contribution is -2.30. The number of carbonyl (C=O) groups excluding carboxylic acids is 3. The van der Waals surface area contributed by atoms with Gasteiger partial charge in [-0.25, -0.2) is 14.6 Å². The second-order valence-corrected chi connectivity index (χ2v) is 12.2. The zero-order valence-electron chi connectivity index (χ0n) is 23.2. The topological polar surface area (TPSA) is 123 Å². The van der Waals surface area contributed by atoms with Crippen LogP contribution in [0.5, 0.6) is 0 Å². The van der Waals surface area contributed by atoms with Crippen molar-refractivity contribution in [3.63, 3.8) is 0 Å². The Labute approximate surface area is 236 Å². The summed E-state index contributed by atoms with van der Waals surface area (Å²) in [6.07, 6.45) is 4.84. The van der Waals surface area contributed by atoms with Gasteiger partial charge in [0.25, 0.3) is 5.91 Å². The molecule has 0 fully saturated rings. The molecule has 4 aromatic rings. The number of carbonyl (C=O) groups is 3. The third-order valence-corrected chi connectivity index (χ3v) is 8.59. The van der Waals surface area contributed by atoms with E-state index in [9.17, 15) is 14.4 Å². The largest absolute Gasteiger partial charge is 0.465 e. The Balaban J connectivity index is 1.30. The predicted molar refractivity (Wildman–Crippen MR) is 153 cm³/mol. The van der Waals surface area contributed by atoms with E-state index in [0.29, 0.717) is 33.3 Å². The SMILES string of the molecule is COC(=O)c1c(NC(=O)C(C)OC(=O)c2ccc3nc(-c4cccnc4)[nH]c3c2)sc2c1CCC(C(C)(C)C)C2. The van der Waals surface area contributed by atoms with Crippen molar-refractivity contribution in [1.82, 2.24) is 15.0 Å². The van der Waals surface area contributed by atoms with E-state index in [2.05, 4.69) is 41.0 Å². The molecule has 2 atom stereocenters. The standard InChI is InChI=1S/C30H32N4O5S/c1-16(39-28(36)17-8-11-21-22(13-17)33-25(32-21)18-7-6-12-31-15-18)26(35)34-27-24(29(37)38-5)20-10-9-19(30(2,3)4)14-23(20)40-27/h6-8,11-13,15-16,19H,9-10,14H2,1-5H3,(H,32,33)(H,34,35). The van der Waals surface area contributed by atoms with E-state index in [0.717, 1.165) is 35.3 Å². The van der Waals surface area contributed by atoms with Crippen LogP contribution in [0.25, 0.3) is 22.4 Å². The molecule has 0 aliphatic heterocycles. The van der Waals surface area contributed by atoms with Gasteiger partial charge in [0, 0.05) is 22.8 Å². The minimum Gasteiger partial charge on any atom is -0.465 e. The van der Waals surface area contributed by atoms with E-state index in [1.807, 2.05) is 12.1 Å². The first-order chi connectivity index (χ1) is 19.0. The average Bonchev–Trinajstić information content (AvgIpc) is 3.52. The number of anilines is 1. The van der Waals surface area contributed by atoms with Crippen LogP contribution in [0, 0.1) is 11.3 Å². The number of nitrogens with one attached hydrogen (secondary N) is 2. The van der Waals surface area contributed by atoms with Gasteiger partial charge < -0.3 is 19.8 Å². The summed E-state index contributed by atoms with van der Waals surface area (Å²) in [4.78, 5) is 51.7. The lowest BCUT2D eigenvalue weighted by atomic mass is 9.72. The number of hydrogen-bond acceptors (Lipinski definition) is 8. The van der Waals surface area contributed by atoms with E-state index >= 15 is 0 Å². The fourth-order valence-electron chi connectivity index (χ4n) is 5.00. The molecule has 208 valence electrons. The van der Waals surface area contributed by atoms with Crippen molar-refractivity contribution in [1.29, 1.82) is 0 Å². The van der Waals surface area contributed by atoms with Crippen molar-refractivity contribution in [2.45, 2.75) is 53.1 Å². The number of rotatable bonds is 6. The molecule has 3 heterocycles. The summed E-state index contributed by atoms with van der Waals surface area (Å²) in [5.74, 6) is -0.541. The minimum absolute atomic E-state index is 0.138. The number of thiophene rings is 1. The Morgan fingerprint density at radius 1 is 1.18 bits per heavy atom. The first-order valence-corrected chi connectivity index (χ1v) is 14.0. The lowest BCUT2D eigenvalue weighted by molar-refractivity contribution is -0.123. The van der Waals surface area contributed by atoms with Crippen LogP contribution in [0.1, 0.15) is 65.3 Å². The first kappa shape index (κ1) is 27.5. The predicted octanol–water partition coefficient (Wildman–Crippen LogP) is 5.81. The molecular weight excluding hydrogens is 528 g/mol. The smallest absolute Gasteiger partial charge is 0.341 e. The van der Waals surface area contributed by atoms with Gasteiger partial charge in [-0.1, -0.05) is 20.8 Å². The number of aromatic amines is 1. The number of hydrogen-bond donors (Lipinski definition) is 2. The average molecular weight is 561 g/mol. The van der Waals surface area contributed by atoms with Crippen molar-refractivity contribution in [2.75, 3.05) is 12.4 Å². The number of amides is 1. The van der Waals surface area contributed by atoms with Crippen LogP contribution in [-0.2, 0) is 27.1 Å². The number of pyridine rings is 1. The number of ether oxygens (including phenoxy) is 2. The molecule has 5 rings (SSSR count). The Morgan fingerprint density at radius 2 is 1.98 bits per heavy atom. The number of esters is 2. The molecule has 1 aliphatic carbocycles. The summed E-state index contributed by atoms with van der Waals surface area (Å²) in [6.45, 7) is 8.17. The fourth-order valence-corrected chi connectivity index (χ4v) is 6.32. The number of nitrogens with zero attached hydrogens (tertiary/aromatic N) is 2. The molecular formula is C30H32N4O5S. The molecule has 1 aromatic carbocycles. The molecule has 2 unspecified atom stereocenters. The minimum atomic E-state index is -1.09. The summed E-state index contributed by atoms with van der Waals surface area (Å²) in [6, 6.07) is 8.68. The molecule has 2 N–H and O–H groups in total. The van der Waals surface area contributed by atoms with Gasteiger partial charge in [-0.05, 0) is 73.4 Å². The van der Waals surface area contributed by atoms with E-state index in [1.54, 1.807) is 30.6 Å². The quantitative estimate of drug-likeness (QED) is 0.285. The van der Waals surface area contributed by atoms with E-state index in [4.69, 9.17) is 9.47 Å². The van der Waals surface area contributed by atoms with Crippen molar-refractivity contribution in [3.8, 4) is 11.4 Å². The number of aromatic nitrogens is 3. The lowest BCUT2D eigenvalue weighted by Gasteiger charge is -2.33. The molecule has 1 aliphatic rings. The van der Waals surface area contributed by atoms with Crippen LogP contribution in [0.4, 0.5) is 5.00 Å². The summed E-state index contributed by atoms with van der Waals surface area (Å²) < 4.78 is 10.5. The van der Waals surface area contributed by atoms with Crippen molar-refractivity contribution in [2.24, 2.45) is 11.3 Å². The Bertz CT molecular complexity index is 1580. The van der Waals surface area contributed by atoms with Gasteiger partial charge in [0.05, 0.1) is 29.3 Å². The normalized spacial score (nSPS) is 15.8. The maximum atomic E-state index is 13.1. The maximum absolute atomic E-state index is 13.1. The third-order valence-electron chi connectivity index (χ3n) is 7.42. The third kappa shape index (κ3) is 5.49. The van der Waals surface area contributed by atoms with E-state index < -0.39 is 23.9 Å². The van der Waals surface area contributed by atoms with Crippen LogP contribution in [-0.4, -0.2) is 46.0 Å². The zero-order valence-corrected chi connectivity index (χ0v) is 24.0. The van der Waals surface area contributed by atoms with Gasteiger partial charge in [-0.15, -0.1) is 11.3 Å². The van der Waals surface area contributed by atoms with Gasteiger partial charge in [0.1, 0.15) is 10.8 Å². The van der Waals surface area contributed by atoms with Gasteiger partial charge in [-0.2, -0.15) is 0 Å². The summed E-state index contributed by atoms with van der Waals surface area (Å²) in [5.41, 5.74) is 3.93. The fraction of sp³-hybridized carbons (Fsp3) is 0.367. The van der Waals surface area contributed by atoms with E-state index in [-0.39, 0.29) is 11.0 Å². The van der Waals surface area contributed by atoms with Crippen LogP contribution in [0.3, 0.4) is 0 Å². The van der Waals surface area contributed by atoms with Crippen LogP contribution in [0.15, 0.2) is 42.7 Å². The number of H-pyrrole nitrogens is 1. The number of benzene rings is 1. The zero-order chi connectivity index (χ0) is 28.6. The van der Waals surface area contributed by atoms with Gasteiger partial charge in [0.15, 0.2) is 6.10 Å². The van der Waals surface area contributed by atoms with Crippen LogP contribution >= 0.6 is 11.3 Å². The Kier molecular flexibility index (Phi) is 7.46. The molecule has 0 radical (unpaired) electrons. The van der Waals surface area contributed by atoms with Crippen molar-refractivity contribution < 1.29 is 23.9 Å². The second kappa shape index (κ2) is 10.8.